The molecule has 96 valence electrons. The minimum absolute atomic E-state index is 0.290. The Labute approximate surface area is 112 Å². The summed E-state index contributed by atoms with van der Waals surface area (Å²) in [4.78, 5) is 9.37. The molecule has 3 heteroatoms. The van der Waals surface area contributed by atoms with Crippen molar-refractivity contribution in [2.24, 2.45) is 0 Å². The molecule has 0 aliphatic rings. The maximum atomic E-state index is 5.39. The first-order chi connectivity index (χ1) is 9.20. The van der Waals surface area contributed by atoms with Crippen molar-refractivity contribution in [2.75, 3.05) is 7.11 Å². The molecule has 0 saturated heterocycles. The number of hydrogen-bond acceptors (Lipinski definition) is 3. The fraction of sp³-hybridized carbons (Fsp3) is 0.250. The van der Waals surface area contributed by atoms with Gasteiger partial charge in [0, 0.05) is 11.3 Å². The molecular weight excluding hydrogens is 236 g/mol. The second-order valence-electron chi connectivity index (χ2n) is 4.93. The van der Waals surface area contributed by atoms with Crippen molar-refractivity contribution in [2.45, 2.75) is 19.8 Å². The van der Waals surface area contributed by atoms with Crippen LogP contribution in [0.15, 0.2) is 36.4 Å². The summed E-state index contributed by atoms with van der Waals surface area (Å²) in [6, 6.07) is 12.3. The maximum absolute atomic E-state index is 5.39. The first-order valence-corrected chi connectivity index (χ1v) is 6.44. The highest BCUT2D eigenvalue weighted by Crippen LogP contribution is 2.29. The van der Waals surface area contributed by atoms with E-state index in [1.165, 1.54) is 5.39 Å². The molecule has 0 aliphatic carbocycles. The van der Waals surface area contributed by atoms with Crippen molar-refractivity contribution in [3.8, 4) is 5.88 Å². The smallest absolute Gasteiger partial charge is 0.236 e. The maximum Gasteiger partial charge on any atom is 0.236 e. The first kappa shape index (κ1) is 11.9. The zero-order chi connectivity index (χ0) is 13.4. The van der Waals surface area contributed by atoms with Crippen LogP contribution in [0.5, 0.6) is 5.88 Å². The highest BCUT2D eigenvalue weighted by molar-refractivity contribution is 6.03. The summed E-state index contributed by atoms with van der Waals surface area (Å²) in [7, 11) is 1.65. The third-order valence-electron chi connectivity index (χ3n) is 3.29. The van der Waals surface area contributed by atoms with Crippen molar-refractivity contribution < 1.29 is 4.74 Å². The van der Waals surface area contributed by atoms with Crippen LogP contribution in [0.1, 0.15) is 25.5 Å². The van der Waals surface area contributed by atoms with Crippen LogP contribution in [0.3, 0.4) is 0 Å². The lowest BCUT2D eigenvalue weighted by molar-refractivity contribution is 0.389. The van der Waals surface area contributed by atoms with E-state index in [0.717, 1.165) is 22.1 Å². The second-order valence-corrected chi connectivity index (χ2v) is 4.93. The molecule has 19 heavy (non-hydrogen) atoms. The van der Waals surface area contributed by atoms with Crippen LogP contribution in [0.4, 0.5) is 0 Å². The number of methoxy groups -OCH3 is 1. The molecule has 0 spiro atoms. The van der Waals surface area contributed by atoms with Gasteiger partial charge in [0.15, 0.2) is 0 Å². The lowest BCUT2D eigenvalue weighted by atomic mass is 10.1. The monoisotopic (exact) mass is 252 g/mol. The Morgan fingerprint density at radius 2 is 1.79 bits per heavy atom. The molecule has 0 amide bonds. The molecule has 1 heterocycles. The van der Waals surface area contributed by atoms with Gasteiger partial charge < -0.3 is 4.74 Å². The summed E-state index contributed by atoms with van der Waals surface area (Å²) in [5.41, 5.74) is 2.73. The van der Waals surface area contributed by atoms with E-state index in [0.29, 0.717) is 11.8 Å². The predicted molar refractivity (Wildman–Crippen MR) is 77.7 cm³/mol. The highest BCUT2D eigenvalue weighted by Gasteiger charge is 2.13. The lowest BCUT2D eigenvalue weighted by Gasteiger charge is -2.12. The Morgan fingerprint density at radius 3 is 2.53 bits per heavy atom. The largest absolute Gasteiger partial charge is 0.480 e. The van der Waals surface area contributed by atoms with E-state index in [1.807, 2.05) is 18.2 Å². The van der Waals surface area contributed by atoms with E-state index in [4.69, 9.17) is 9.72 Å². The standard InChI is InChI=1S/C16H16N2O/c1-10(2)14-16(19-3)18-15-12-7-5-4-6-11(12)8-9-13(15)17-14/h4-10H,1-3H3. The van der Waals surface area contributed by atoms with E-state index >= 15 is 0 Å². The van der Waals surface area contributed by atoms with Gasteiger partial charge in [-0.05, 0) is 11.5 Å². The van der Waals surface area contributed by atoms with Crippen LogP contribution in [0.2, 0.25) is 0 Å². The van der Waals surface area contributed by atoms with Gasteiger partial charge in [-0.25, -0.2) is 9.97 Å². The zero-order valence-corrected chi connectivity index (χ0v) is 11.3. The number of ether oxygens (including phenoxy) is 1. The van der Waals surface area contributed by atoms with Crippen molar-refractivity contribution in [3.63, 3.8) is 0 Å². The molecule has 0 radical (unpaired) electrons. The van der Waals surface area contributed by atoms with E-state index in [9.17, 15) is 0 Å². The molecule has 0 saturated carbocycles. The predicted octanol–water partition coefficient (Wildman–Crippen LogP) is 3.92. The van der Waals surface area contributed by atoms with Crippen LogP contribution < -0.4 is 4.74 Å². The number of rotatable bonds is 2. The number of hydrogen-bond donors (Lipinski definition) is 0. The minimum Gasteiger partial charge on any atom is -0.480 e. The first-order valence-electron chi connectivity index (χ1n) is 6.44. The fourth-order valence-corrected chi connectivity index (χ4v) is 2.31. The quantitative estimate of drug-likeness (QED) is 0.648. The zero-order valence-electron chi connectivity index (χ0n) is 11.3. The average Bonchev–Trinajstić information content (AvgIpc) is 2.45. The van der Waals surface area contributed by atoms with Gasteiger partial charge in [-0.3, -0.25) is 0 Å². The minimum atomic E-state index is 0.290. The van der Waals surface area contributed by atoms with Gasteiger partial charge in [-0.2, -0.15) is 0 Å². The molecule has 0 fully saturated rings. The summed E-state index contributed by atoms with van der Waals surface area (Å²) in [6.07, 6.45) is 0. The summed E-state index contributed by atoms with van der Waals surface area (Å²) in [5.74, 6) is 0.914. The van der Waals surface area contributed by atoms with E-state index < -0.39 is 0 Å². The summed E-state index contributed by atoms with van der Waals surface area (Å²) >= 11 is 0. The molecule has 0 bridgehead atoms. The van der Waals surface area contributed by atoms with Crippen molar-refractivity contribution >= 4 is 21.8 Å². The molecule has 3 rings (SSSR count). The van der Waals surface area contributed by atoms with Gasteiger partial charge in [0.2, 0.25) is 5.88 Å². The molecular formula is C16H16N2O. The van der Waals surface area contributed by atoms with Gasteiger partial charge in [0.1, 0.15) is 11.2 Å². The number of aromatic nitrogens is 2. The van der Waals surface area contributed by atoms with Crippen LogP contribution >= 0.6 is 0 Å². The van der Waals surface area contributed by atoms with Gasteiger partial charge in [0.25, 0.3) is 0 Å². The Balaban J connectivity index is 2.41. The number of fused-ring (bicyclic) bond motifs is 3. The third-order valence-corrected chi connectivity index (χ3v) is 3.29. The number of benzene rings is 2. The van der Waals surface area contributed by atoms with E-state index in [-0.39, 0.29) is 0 Å². The topological polar surface area (TPSA) is 35.0 Å². The SMILES string of the molecule is COc1nc2c(ccc3ccccc32)nc1C(C)C. The molecule has 0 N–H and O–H groups in total. The molecule has 1 aromatic heterocycles. The van der Waals surface area contributed by atoms with Crippen molar-refractivity contribution in [1.29, 1.82) is 0 Å². The third kappa shape index (κ3) is 1.91. The molecule has 0 unspecified atom stereocenters. The molecule has 0 aliphatic heterocycles. The average molecular weight is 252 g/mol. The number of nitrogens with zero attached hydrogens (tertiary/aromatic N) is 2. The molecule has 3 nitrogen and oxygen atoms in total. The lowest BCUT2D eigenvalue weighted by Crippen LogP contribution is -2.01. The van der Waals surface area contributed by atoms with Crippen LogP contribution in [0.25, 0.3) is 21.8 Å². The second kappa shape index (κ2) is 4.50. The molecule has 2 aromatic carbocycles. The van der Waals surface area contributed by atoms with E-state index in [1.54, 1.807) is 7.11 Å². The van der Waals surface area contributed by atoms with Gasteiger partial charge in [-0.1, -0.05) is 44.2 Å². The van der Waals surface area contributed by atoms with Crippen LogP contribution in [0, 0.1) is 0 Å². The summed E-state index contributed by atoms with van der Waals surface area (Å²) in [5, 5.41) is 2.28. The van der Waals surface area contributed by atoms with Crippen molar-refractivity contribution in [3.05, 3.63) is 42.1 Å². The highest BCUT2D eigenvalue weighted by atomic mass is 16.5. The van der Waals surface area contributed by atoms with Crippen LogP contribution in [-0.4, -0.2) is 17.1 Å². The Kier molecular flexibility index (Phi) is 2.82. The molecule has 3 aromatic rings. The fourth-order valence-electron chi connectivity index (χ4n) is 2.31. The molecule has 0 atom stereocenters. The Hall–Kier alpha value is -2.16. The summed E-state index contributed by atoms with van der Waals surface area (Å²) in [6.45, 7) is 4.19. The van der Waals surface area contributed by atoms with Gasteiger partial charge in [0.05, 0.1) is 12.6 Å². The Morgan fingerprint density at radius 1 is 1.00 bits per heavy atom. The van der Waals surface area contributed by atoms with Gasteiger partial charge in [-0.15, -0.1) is 0 Å². The van der Waals surface area contributed by atoms with Crippen LogP contribution in [-0.2, 0) is 0 Å². The normalized spacial score (nSPS) is 11.4. The Bertz CT molecular complexity index is 750. The van der Waals surface area contributed by atoms with Gasteiger partial charge >= 0.3 is 0 Å². The summed E-state index contributed by atoms with van der Waals surface area (Å²) < 4.78 is 5.39. The van der Waals surface area contributed by atoms with E-state index in [2.05, 4.69) is 37.0 Å². The van der Waals surface area contributed by atoms with Crippen molar-refractivity contribution in [1.82, 2.24) is 9.97 Å².